The summed E-state index contributed by atoms with van der Waals surface area (Å²) in [6, 6.07) is 0. The third-order valence-corrected chi connectivity index (χ3v) is 4.37. The average Bonchev–Trinajstić information content (AvgIpc) is 2.79. The van der Waals surface area contributed by atoms with Crippen LogP contribution in [-0.2, 0) is 13.0 Å². The van der Waals surface area contributed by atoms with Crippen LogP contribution in [0.25, 0.3) is 0 Å². The van der Waals surface area contributed by atoms with Gasteiger partial charge in [0, 0.05) is 13.0 Å². The monoisotopic (exact) mass is 251 g/mol. The van der Waals surface area contributed by atoms with Crippen molar-refractivity contribution in [1.82, 2.24) is 14.8 Å². The summed E-state index contributed by atoms with van der Waals surface area (Å²) in [5, 5.41) is 14.4. The van der Waals surface area contributed by atoms with Crippen molar-refractivity contribution in [2.24, 2.45) is 17.8 Å². The Labute approximate surface area is 109 Å². The quantitative estimate of drug-likeness (QED) is 0.893. The van der Waals surface area contributed by atoms with E-state index in [9.17, 15) is 5.11 Å². The Hall–Kier alpha value is -0.900. The fraction of sp³-hybridized carbons (Fsp3) is 0.857. The Bertz CT molecular complexity index is 375. The smallest absolute Gasteiger partial charge is 0.138 e. The lowest BCUT2D eigenvalue weighted by molar-refractivity contribution is 0.0364. The Balaban J connectivity index is 2.02. The Morgan fingerprint density at radius 3 is 2.89 bits per heavy atom. The fourth-order valence-corrected chi connectivity index (χ4v) is 3.05. The van der Waals surface area contributed by atoms with Gasteiger partial charge in [0.15, 0.2) is 0 Å². The molecule has 0 aromatic carbocycles. The van der Waals surface area contributed by atoms with E-state index in [0.717, 1.165) is 44.0 Å². The lowest BCUT2D eigenvalue weighted by atomic mass is 9.73. The van der Waals surface area contributed by atoms with Crippen LogP contribution in [-0.4, -0.2) is 26.0 Å². The second-order valence-electron chi connectivity index (χ2n) is 5.84. The SMILES string of the molecule is CCn1ncnc1CC1CC(C(C)C)CCC1O. The van der Waals surface area contributed by atoms with Gasteiger partial charge in [-0.05, 0) is 43.9 Å². The van der Waals surface area contributed by atoms with Gasteiger partial charge >= 0.3 is 0 Å². The standard InChI is InChI=1S/C14H25N3O/c1-4-17-14(15-9-16-17)8-12-7-11(10(2)3)5-6-13(12)18/h9-13,18H,4-8H2,1-3H3. The van der Waals surface area contributed by atoms with Crippen LogP contribution in [0.5, 0.6) is 0 Å². The maximum absolute atomic E-state index is 10.2. The zero-order valence-corrected chi connectivity index (χ0v) is 11.7. The molecule has 4 heteroatoms. The topological polar surface area (TPSA) is 50.9 Å². The van der Waals surface area contributed by atoms with Crippen molar-refractivity contribution in [3.05, 3.63) is 12.2 Å². The van der Waals surface area contributed by atoms with Crippen molar-refractivity contribution in [3.63, 3.8) is 0 Å². The lowest BCUT2D eigenvalue weighted by Crippen LogP contribution is -2.33. The Kier molecular flexibility index (Phi) is 4.38. The van der Waals surface area contributed by atoms with Crippen LogP contribution in [0, 0.1) is 17.8 Å². The van der Waals surface area contributed by atoms with E-state index in [1.54, 1.807) is 6.33 Å². The predicted octanol–water partition coefficient (Wildman–Crippen LogP) is 2.27. The van der Waals surface area contributed by atoms with Gasteiger partial charge in [0.25, 0.3) is 0 Å². The van der Waals surface area contributed by atoms with E-state index < -0.39 is 0 Å². The number of aromatic nitrogens is 3. The minimum Gasteiger partial charge on any atom is -0.393 e. The molecule has 1 fully saturated rings. The maximum Gasteiger partial charge on any atom is 0.138 e. The van der Waals surface area contributed by atoms with Crippen molar-refractivity contribution in [1.29, 1.82) is 0 Å². The zero-order chi connectivity index (χ0) is 13.1. The summed E-state index contributed by atoms with van der Waals surface area (Å²) in [7, 11) is 0. The van der Waals surface area contributed by atoms with Crippen LogP contribution in [0.2, 0.25) is 0 Å². The summed E-state index contributed by atoms with van der Waals surface area (Å²) in [5.74, 6) is 2.83. The van der Waals surface area contributed by atoms with Gasteiger partial charge in [-0.2, -0.15) is 5.10 Å². The highest BCUT2D eigenvalue weighted by Crippen LogP contribution is 2.35. The first kappa shape index (κ1) is 13.5. The molecule has 1 aromatic heterocycles. The number of hydrogen-bond acceptors (Lipinski definition) is 3. The first-order valence-electron chi connectivity index (χ1n) is 7.16. The Morgan fingerprint density at radius 1 is 1.44 bits per heavy atom. The van der Waals surface area contributed by atoms with Gasteiger partial charge in [0.1, 0.15) is 12.2 Å². The fourth-order valence-electron chi connectivity index (χ4n) is 3.05. The number of rotatable bonds is 4. The second kappa shape index (κ2) is 5.83. The summed E-state index contributed by atoms with van der Waals surface area (Å²) in [5.41, 5.74) is 0. The van der Waals surface area contributed by atoms with Crippen LogP contribution in [0.15, 0.2) is 6.33 Å². The molecule has 18 heavy (non-hydrogen) atoms. The van der Waals surface area contributed by atoms with E-state index in [-0.39, 0.29) is 6.10 Å². The normalized spacial score (nSPS) is 28.8. The van der Waals surface area contributed by atoms with Gasteiger partial charge in [0.05, 0.1) is 6.10 Å². The van der Waals surface area contributed by atoms with Crippen LogP contribution >= 0.6 is 0 Å². The zero-order valence-electron chi connectivity index (χ0n) is 11.7. The molecule has 1 saturated carbocycles. The van der Waals surface area contributed by atoms with E-state index in [4.69, 9.17) is 0 Å². The van der Waals surface area contributed by atoms with E-state index in [0.29, 0.717) is 11.8 Å². The molecule has 0 amide bonds. The number of aryl methyl sites for hydroxylation is 1. The van der Waals surface area contributed by atoms with Gasteiger partial charge in [0.2, 0.25) is 0 Å². The van der Waals surface area contributed by atoms with Crippen molar-refractivity contribution in [2.45, 2.75) is 59.1 Å². The molecule has 1 aromatic rings. The highest BCUT2D eigenvalue weighted by atomic mass is 16.3. The third-order valence-electron chi connectivity index (χ3n) is 4.37. The summed E-state index contributed by atoms with van der Waals surface area (Å²) in [4.78, 5) is 4.33. The van der Waals surface area contributed by atoms with Crippen LogP contribution in [0.1, 0.15) is 45.9 Å². The lowest BCUT2D eigenvalue weighted by Gasteiger charge is -2.35. The number of hydrogen-bond donors (Lipinski definition) is 1. The minimum atomic E-state index is -0.165. The first-order chi connectivity index (χ1) is 8.61. The molecule has 0 spiro atoms. The maximum atomic E-state index is 10.2. The summed E-state index contributed by atoms with van der Waals surface area (Å²) in [6.45, 7) is 7.50. The van der Waals surface area contributed by atoms with Crippen molar-refractivity contribution in [3.8, 4) is 0 Å². The van der Waals surface area contributed by atoms with Crippen molar-refractivity contribution < 1.29 is 5.11 Å². The highest BCUT2D eigenvalue weighted by Gasteiger charge is 2.31. The van der Waals surface area contributed by atoms with Gasteiger partial charge in [-0.15, -0.1) is 0 Å². The Morgan fingerprint density at radius 2 is 2.22 bits per heavy atom. The molecule has 0 aliphatic heterocycles. The number of aliphatic hydroxyl groups excluding tert-OH is 1. The molecule has 0 saturated heterocycles. The molecular weight excluding hydrogens is 226 g/mol. The van der Waals surface area contributed by atoms with Crippen molar-refractivity contribution >= 4 is 0 Å². The summed E-state index contributed by atoms with van der Waals surface area (Å²) >= 11 is 0. The molecule has 1 heterocycles. The van der Waals surface area contributed by atoms with Gasteiger partial charge in [-0.3, -0.25) is 4.68 Å². The van der Waals surface area contributed by atoms with Gasteiger partial charge in [-0.25, -0.2) is 4.98 Å². The predicted molar refractivity (Wildman–Crippen MR) is 71.1 cm³/mol. The molecule has 0 bridgehead atoms. The summed E-state index contributed by atoms with van der Waals surface area (Å²) < 4.78 is 1.94. The van der Waals surface area contributed by atoms with Crippen LogP contribution in [0.4, 0.5) is 0 Å². The minimum absolute atomic E-state index is 0.165. The molecule has 1 N–H and O–H groups in total. The first-order valence-corrected chi connectivity index (χ1v) is 7.16. The van der Waals surface area contributed by atoms with Crippen LogP contribution < -0.4 is 0 Å². The third kappa shape index (κ3) is 2.91. The van der Waals surface area contributed by atoms with E-state index >= 15 is 0 Å². The average molecular weight is 251 g/mol. The molecular formula is C14H25N3O. The van der Waals surface area contributed by atoms with Gasteiger partial charge < -0.3 is 5.11 Å². The largest absolute Gasteiger partial charge is 0.393 e. The molecule has 102 valence electrons. The van der Waals surface area contributed by atoms with Crippen LogP contribution in [0.3, 0.4) is 0 Å². The van der Waals surface area contributed by atoms with E-state index in [2.05, 4.69) is 30.9 Å². The molecule has 0 radical (unpaired) electrons. The molecule has 3 unspecified atom stereocenters. The molecule has 1 aliphatic rings. The molecule has 3 atom stereocenters. The van der Waals surface area contributed by atoms with E-state index in [1.807, 2.05) is 4.68 Å². The number of aliphatic hydroxyl groups is 1. The number of nitrogens with zero attached hydrogens (tertiary/aromatic N) is 3. The highest BCUT2D eigenvalue weighted by molar-refractivity contribution is 4.92. The molecule has 1 aliphatic carbocycles. The van der Waals surface area contributed by atoms with E-state index in [1.165, 1.54) is 0 Å². The molecule has 4 nitrogen and oxygen atoms in total. The van der Waals surface area contributed by atoms with Gasteiger partial charge in [-0.1, -0.05) is 13.8 Å². The molecule has 2 rings (SSSR count). The second-order valence-corrected chi connectivity index (χ2v) is 5.84. The summed E-state index contributed by atoms with van der Waals surface area (Å²) in [6.07, 6.45) is 5.53. The van der Waals surface area contributed by atoms with Crippen molar-refractivity contribution in [2.75, 3.05) is 0 Å².